The van der Waals surface area contributed by atoms with Crippen LogP contribution in [0.25, 0.3) is 0 Å². The van der Waals surface area contributed by atoms with E-state index in [2.05, 4.69) is 27.4 Å². The normalized spacial score (nSPS) is 56.4. The third-order valence-corrected chi connectivity index (χ3v) is 10.1. The monoisotopic (exact) mass is 356 g/mol. The molecule has 5 aliphatic carbocycles. The van der Waals surface area contributed by atoms with E-state index in [0.717, 1.165) is 60.2 Å². The minimum atomic E-state index is -0.383. The van der Waals surface area contributed by atoms with E-state index in [4.69, 9.17) is 0 Å². The summed E-state index contributed by atoms with van der Waals surface area (Å²) in [7, 11) is 0. The van der Waals surface area contributed by atoms with Gasteiger partial charge in [0, 0.05) is 0 Å². The van der Waals surface area contributed by atoms with E-state index in [0.29, 0.717) is 5.41 Å². The Labute approximate surface area is 161 Å². The molecule has 0 amide bonds. The molecule has 1 N–H and O–H groups in total. The minimum absolute atomic E-state index is 0.383. The average molecular weight is 357 g/mol. The smallest absolute Gasteiger partial charge is 0.0622 e. The summed E-state index contributed by atoms with van der Waals surface area (Å²) in [6, 6.07) is 0. The zero-order valence-electron chi connectivity index (χ0n) is 17.3. The van der Waals surface area contributed by atoms with Gasteiger partial charge >= 0.3 is 0 Å². The number of hydrogen-bond acceptors (Lipinski definition) is 1. The fourth-order valence-electron chi connectivity index (χ4n) is 9.03. The van der Waals surface area contributed by atoms with Crippen LogP contribution in [0.5, 0.6) is 0 Å². The summed E-state index contributed by atoms with van der Waals surface area (Å²) in [6.45, 7) is 11.5. The molecule has 5 rings (SSSR count). The highest BCUT2D eigenvalue weighted by molar-refractivity contribution is 5.17. The lowest BCUT2D eigenvalue weighted by molar-refractivity contribution is -0.105. The van der Waals surface area contributed by atoms with Gasteiger partial charge in [-0.1, -0.05) is 19.1 Å². The van der Waals surface area contributed by atoms with Crippen LogP contribution in [0.1, 0.15) is 85.0 Å². The Bertz CT molecular complexity index is 587. The third-order valence-electron chi connectivity index (χ3n) is 10.1. The zero-order chi connectivity index (χ0) is 18.3. The Balaban J connectivity index is 1.44. The van der Waals surface area contributed by atoms with Crippen LogP contribution < -0.4 is 0 Å². The van der Waals surface area contributed by atoms with Crippen LogP contribution >= 0.6 is 0 Å². The molecule has 0 spiro atoms. The van der Waals surface area contributed by atoms with Gasteiger partial charge in [-0.15, -0.1) is 0 Å². The van der Waals surface area contributed by atoms with Crippen molar-refractivity contribution in [1.82, 2.24) is 0 Å². The SMILES string of the molecule is C=C(C)[C@H]1C[C@@H](C2CC2)[C@H]2[C@@H]3CC[C@@H]4C[C@](C)(O)CCC4[C@H]3CC[C@@]21C. The average Bonchev–Trinajstić information content (AvgIpc) is 3.35. The number of fused-ring (bicyclic) bond motifs is 5. The molecule has 1 unspecified atom stereocenters. The lowest BCUT2D eigenvalue weighted by Gasteiger charge is -2.58. The van der Waals surface area contributed by atoms with Crippen molar-refractivity contribution in [3.63, 3.8) is 0 Å². The first kappa shape index (κ1) is 17.8. The maximum Gasteiger partial charge on any atom is 0.0622 e. The predicted octanol–water partition coefficient (Wildman–Crippen LogP) is 6.22. The molecule has 0 radical (unpaired) electrons. The van der Waals surface area contributed by atoms with Gasteiger partial charge in [-0.2, -0.15) is 0 Å². The molecule has 5 fully saturated rings. The quantitative estimate of drug-likeness (QED) is 0.582. The molecule has 0 aromatic carbocycles. The first-order valence-corrected chi connectivity index (χ1v) is 11.7. The van der Waals surface area contributed by atoms with E-state index in [9.17, 15) is 5.11 Å². The molecule has 5 aliphatic rings. The Hall–Kier alpha value is -0.300. The maximum atomic E-state index is 10.6. The van der Waals surface area contributed by atoms with E-state index >= 15 is 0 Å². The predicted molar refractivity (Wildman–Crippen MR) is 108 cm³/mol. The van der Waals surface area contributed by atoms with E-state index in [1.54, 1.807) is 0 Å². The molecule has 0 heterocycles. The number of aliphatic hydroxyl groups is 1. The van der Waals surface area contributed by atoms with Gasteiger partial charge in [-0.3, -0.25) is 0 Å². The molecule has 0 aromatic rings. The van der Waals surface area contributed by atoms with Gasteiger partial charge in [0.1, 0.15) is 0 Å². The molecule has 0 saturated heterocycles. The van der Waals surface area contributed by atoms with Crippen molar-refractivity contribution in [2.75, 3.05) is 0 Å². The molecule has 146 valence electrons. The van der Waals surface area contributed by atoms with Crippen molar-refractivity contribution < 1.29 is 5.11 Å². The van der Waals surface area contributed by atoms with Gasteiger partial charge in [0.25, 0.3) is 0 Å². The number of rotatable bonds is 2. The van der Waals surface area contributed by atoms with Gasteiger partial charge in [-0.05, 0) is 131 Å². The zero-order valence-corrected chi connectivity index (χ0v) is 17.3. The number of allylic oxidation sites excluding steroid dienone is 1. The molecule has 0 aliphatic heterocycles. The molecule has 5 saturated carbocycles. The largest absolute Gasteiger partial charge is 0.390 e. The van der Waals surface area contributed by atoms with Gasteiger partial charge in [0.05, 0.1) is 5.60 Å². The Kier molecular flexibility index (Phi) is 4.00. The van der Waals surface area contributed by atoms with Gasteiger partial charge < -0.3 is 5.11 Å². The topological polar surface area (TPSA) is 20.2 Å². The molecule has 0 aromatic heterocycles. The van der Waals surface area contributed by atoms with Crippen molar-refractivity contribution in [3.05, 3.63) is 12.2 Å². The van der Waals surface area contributed by atoms with Crippen molar-refractivity contribution in [1.29, 1.82) is 0 Å². The van der Waals surface area contributed by atoms with Gasteiger partial charge in [-0.25, -0.2) is 0 Å². The summed E-state index contributed by atoms with van der Waals surface area (Å²) in [6.07, 6.45) is 13.6. The second kappa shape index (κ2) is 5.85. The molecular weight excluding hydrogens is 316 g/mol. The van der Waals surface area contributed by atoms with Crippen molar-refractivity contribution in [3.8, 4) is 0 Å². The minimum Gasteiger partial charge on any atom is -0.390 e. The Morgan fingerprint density at radius 1 is 0.846 bits per heavy atom. The fraction of sp³-hybridized carbons (Fsp3) is 0.920. The maximum absolute atomic E-state index is 10.6. The van der Waals surface area contributed by atoms with E-state index in [1.807, 2.05) is 0 Å². The second-order valence-electron chi connectivity index (χ2n) is 11.8. The van der Waals surface area contributed by atoms with Crippen molar-refractivity contribution in [2.24, 2.45) is 52.8 Å². The van der Waals surface area contributed by atoms with E-state index in [-0.39, 0.29) is 5.60 Å². The van der Waals surface area contributed by atoms with Gasteiger partial charge in [0.15, 0.2) is 0 Å². The van der Waals surface area contributed by atoms with Crippen LogP contribution in [0, 0.1) is 52.8 Å². The molecule has 9 atom stereocenters. The Morgan fingerprint density at radius 2 is 1.54 bits per heavy atom. The summed E-state index contributed by atoms with van der Waals surface area (Å²) in [4.78, 5) is 0. The third kappa shape index (κ3) is 2.59. The van der Waals surface area contributed by atoms with Crippen molar-refractivity contribution in [2.45, 2.75) is 90.6 Å². The van der Waals surface area contributed by atoms with Crippen LogP contribution in [-0.4, -0.2) is 10.7 Å². The second-order valence-corrected chi connectivity index (χ2v) is 11.8. The summed E-state index contributed by atoms with van der Waals surface area (Å²) in [5.41, 5.74) is 1.63. The lowest BCUT2D eigenvalue weighted by atomic mass is 9.48. The highest BCUT2D eigenvalue weighted by Crippen LogP contribution is 2.69. The van der Waals surface area contributed by atoms with E-state index in [1.165, 1.54) is 56.9 Å². The highest BCUT2D eigenvalue weighted by atomic mass is 16.3. The summed E-state index contributed by atoms with van der Waals surface area (Å²) in [5.74, 6) is 7.47. The Morgan fingerprint density at radius 3 is 2.23 bits per heavy atom. The molecule has 26 heavy (non-hydrogen) atoms. The van der Waals surface area contributed by atoms with Crippen LogP contribution in [0.4, 0.5) is 0 Å². The lowest BCUT2D eigenvalue weighted by Crippen LogP contribution is -2.51. The first-order valence-electron chi connectivity index (χ1n) is 11.7. The fourth-order valence-corrected chi connectivity index (χ4v) is 9.03. The van der Waals surface area contributed by atoms with Crippen LogP contribution in [0.15, 0.2) is 12.2 Å². The molecule has 1 heteroatoms. The van der Waals surface area contributed by atoms with E-state index < -0.39 is 0 Å². The van der Waals surface area contributed by atoms with Crippen LogP contribution in [0.2, 0.25) is 0 Å². The first-order chi connectivity index (χ1) is 12.3. The van der Waals surface area contributed by atoms with Crippen molar-refractivity contribution >= 4 is 0 Å². The van der Waals surface area contributed by atoms with Crippen LogP contribution in [-0.2, 0) is 0 Å². The molecule has 1 nitrogen and oxygen atoms in total. The standard InChI is InChI=1S/C25H40O/c1-15(2)22-13-21(16-5-6-16)23-20-8-7-17-14-24(3,26)11-9-18(17)19(20)10-12-25(22,23)4/h16-23,26H,1,5-14H2,2-4H3/t17-,18?,19-,20-,21+,22-,23-,24-,25-/m1/s1. The summed E-state index contributed by atoms with van der Waals surface area (Å²) >= 11 is 0. The molecular formula is C25H40O. The summed E-state index contributed by atoms with van der Waals surface area (Å²) in [5, 5.41) is 10.6. The molecule has 0 bridgehead atoms. The number of hydrogen-bond donors (Lipinski definition) is 1. The highest BCUT2D eigenvalue weighted by Gasteiger charge is 2.62. The van der Waals surface area contributed by atoms with Gasteiger partial charge in [0.2, 0.25) is 0 Å². The summed E-state index contributed by atoms with van der Waals surface area (Å²) < 4.78 is 0. The van der Waals surface area contributed by atoms with Crippen LogP contribution in [0.3, 0.4) is 0 Å².